The number of hydrogen-bond acceptors (Lipinski definition) is 5. The van der Waals surface area contributed by atoms with Crippen molar-refractivity contribution in [1.29, 1.82) is 0 Å². The first-order chi connectivity index (χ1) is 11.4. The van der Waals surface area contributed by atoms with Gasteiger partial charge in [0.05, 0.1) is 17.7 Å². The average molecular weight is 369 g/mol. The van der Waals surface area contributed by atoms with Crippen LogP contribution < -0.4 is 10.1 Å². The lowest BCUT2D eigenvalue weighted by Crippen LogP contribution is -2.30. The zero-order chi connectivity index (χ0) is 17.7. The average Bonchev–Trinajstić information content (AvgIpc) is 2.55. The highest BCUT2D eigenvalue weighted by atomic mass is 35.5. The first kappa shape index (κ1) is 18.0. The van der Waals surface area contributed by atoms with Gasteiger partial charge < -0.3 is 14.8 Å². The SMILES string of the molecule is COc1ccc(NC(=O)C(C)OC(=O)c2ccnc(Cl)c2)cc1Cl. The van der Waals surface area contributed by atoms with Gasteiger partial charge in [-0.1, -0.05) is 23.2 Å². The van der Waals surface area contributed by atoms with Crippen LogP contribution in [-0.2, 0) is 9.53 Å². The van der Waals surface area contributed by atoms with Crippen molar-refractivity contribution in [1.82, 2.24) is 4.98 Å². The van der Waals surface area contributed by atoms with Gasteiger partial charge in [0.25, 0.3) is 5.91 Å². The molecule has 2 rings (SSSR count). The number of carbonyl (C=O) groups excluding carboxylic acids is 2. The number of carbonyl (C=O) groups is 2. The minimum absolute atomic E-state index is 0.162. The zero-order valence-corrected chi connectivity index (χ0v) is 14.4. The molecule has 0 aliphatic heterocycles. The molecule has 8 heteroatoms. The third-order valence-electron chi connectivity index (χ3n) is 3.03. The van der Waals surface area contributed by atoms with Crippen molar-refractivity contribution >= 4 is 40.8 Å². The lowest BCUT2D eigenvalue weighted by atomic mass is 10.2. The number of nitrogens with zero attached hydrogens (tertiary/aromatic N) is 1. The fourth-order valence-corrected chi connectivity index (χ4v) is 2.23. The van der Waals surface area contributed by atoms with Crippen molar-refractivity contribution in [3.63, 3.8) is 0 Å². The number of benzene rings is 1. The third-order valence-corrected chi connectivity index (χ3v) is 3.54. The molecule has 1 atom stereocenters. The van der Waals surface area contributed by atoms with Gasteiger partial charge in [-0.3, -0.25) is 4.79 Å². The Morgan fingerprint density at radius 3 is 2.58 bits per heavy atom. The van der Waals surface area contributed by atoms with E-state index in [9.17, 15) is 9.59 Å². The zero-order valence-electron chi connectivity index (χ0n) is 12.9. The van der Waals surface area contributed by atoms with Crippen molar-refractivity contribution in [3.05, 3.63) is 52.3 Å². The maximum absolute atomic E-state index is 12.1. The summed E-state index contributed by atoms with van der Waals surface area (Å²) in [5, 5.41) is 3.12. The van der Waals surface area contributed by atoms with Gasteiger partial charge in [-0.05, 0) is 37.3 Å². The number of pyridine rings is 1. The molecule has 0 aliphatic carbocycles. The van der Waals surface area contributed by atoms with Gasteiger partial charge in [-0.25, -0.2) is 9.78 Å². The maximum Gasteiger partial charge on any atom is 0.339 e. The Bertz CT molecular complexity index is 767. The molecular formula is C16H14Cl2N2O4. The molecule has 1 amide bonds. The Balaban J connectivity index is 1.99. The summed E-state index contributed by atoms with van der Waals surface area (Å²) in [6, 6.07) is 7.59. The van der Waals surface area contributed by atoms with E-state index in [4.69, 9.17) is 32.7 Å². The first-order valence-electron chi connectivity index (χ1n) is 6.87. The number of hydrogen-bond donors (Lipinski definition) is 1. The van der Waals surface area contributed by atoms with Crippen LogP contribution in [0.15, 0.2) is 36.5 Å². The highest BCUT2D eigenvalue weighted by molar-refractivity contribution is 6.32. The number of aromatic nitrogens is 1. The molecule has 1 aromatic carbocycles. The summed E-state index contributed by atoms with van der Waals surface area (Å²) < 4.78 is 10.1. The van der Waals surface area contributed by atoms with Crippen LogP contribution in [0.3, 0.4) is 0 Å². The Morgan fingerprint density at radius 2 is 1.96 bits per heavy atom. The summed E-state index contributed by atoms with van der Waals surface area (Å²) >= 11 is 11.7. The van der Waals surface area contributed by atoms with Crippen LogP contribution in [0.4, 0.5) is 5.69 Å². The summed E-state index contributed by atoms with van der Waals surface area (Å²) in [5.74, 6) is -0.678. The fourth-order valence-electron chi connectivity index (χ4n) is 1.80. The molecule has 0 aliphatic rings. The molecule has 1 N–H and O–H groups in total. The van der Waals surface area contributed by atoms with E-state index in [0.29, 0.717) is 16.5 Å². The van der Waals surface area contributed by atoms with Crippen molar-refractivity contribution in [2.75, 3.05) is 12.4 Å². The molecule has 126 valence electrons. The van der Waals surface area contributed by atoms with Crippen molar-refractivity contribution in [3.8, 4) is 5.75 Å². The van der Waals surface area contributed by atoms with Gasteiger partial charge in [-0.15, -0.1) is 0 Å². The standard InChI is InChI=1S/C16H14Cl2N2O4/c1-9(24-16(22)10-5-6-19-14(18)7-10)15(21)20-11-3-4-13(23-2)12(17)8-11/h3-9H,1-2H3,(H,20,21). The Morgan fingerprint density at radius 1 is 1.21 bits per heavy atom. The van der Waals surface area contributed by atoms with Crippen molar-refractivity contribution < 1.29 is 19.1 Å². The lowest BCUT2D eigenvalue weighted by Gasteiger charge is -2.14. The normalized spacial score (nSPS) is 11.5. The van der Waals surface area contributed by atoms with Gasteiger partial charge in [-0.2, -0.15) is 0 Å². The van der Waals surface area contributed by atoms with Gasteiger partial charge in [0.15, 0.2) is 6.10 Å². The van der Waals surface area contributed by atoms with Crippen LogP contribution in [0.1, 0.15) is 17.3 Å². The van der Waals surface area contributed by atoms with Gasteiger partial charge >= 0.3 is 5.97 Å². The topological polar surface area (TPSA) is 77.5 Å². The van der Waals surface area contributed by atoms with E-state index >= 15 is 0 Å². The van der Waals surface area contributed by atoms with E-state index < -0.39 is 18.0 Å². The maximum atomic E-state index is 12.1. The van der Waals surface area contributed by atoms with E-state index in [1.54, 1.807) is 12.1 Å². The molecule has 0 saturated heterocycles. The van der Waals surface area contributed by atoms with E-state index in [-0.39, 0.29) is 10.7 Å². The largest absolute Gasteiger partial charge is 0.495 e. The van der Waals surface area contributed by atoms with Crippen LogP contribution >= 0.6 is 23.2 Å². The predicted octanol–water partition coefficient (Wildman–Crippen LogP) is 3.58. The number of anilines is 1. The van der Waals surface area contributed by atoms with Crippen LogP contribution in [0.25, 0.3) is 0 Å². The van der Waals surface area contributed by atoms with Crippen molar-refractivity contribution in [2.24, 2.45) is 0 Å². The van der Waals surface area contributed by atoms with Gasteiger partial charge in [0.2, 0.25) is 0 Å². The smallest absolute Gasteiger partial charge is 0.339 e. The molecule has 24 heavy (non-hydrogen) atoms. The molecule has 0 bridgehead atoms. The van der Waals surface area contributed by atoms with E-state index in [1.165, 1.54) is 38.4 Å². The minimum Gasteiger partial charge on any atom is -0.495 e. The molecule has 1 aromatic heterocycles. The summed E-state index contributed by atoms with van der Waals surface area (Å²) in [5.41, 5.74) is 0.669. The van der Waals surface area contributed by atoms with Gasteiger partial charge in [0.1, 0.15) is 10.9 Å². The number of esters is 1. The second-order valence-corrected chi connectivity index (χ2v) is 5.55. The van der Waals surface area contributed by atoms with E-state index in [1.807, 2.05) is 0 Å². The quantitative estimate of drug-likeness (QED) is 0.644. The molecule has 0 saturated carbocycles. The number of rotatable bonds is 5. The van der Waals surface area contributed by atoms with Crippen molar-refractivity contribution in [2.45, 2.75) is 13.0 Å². The molecular weight excluding hydrogens is 355 g/mol. The number of halogens is 2. The summed E-state index contributed by atoms with van der Waals surface area (Å²) in [6.45, 7) is 1.46. The Hall–Kier alpha value is -2.31. The summed E-state index contributed by atoms with van der Waals surface area (Å²) in [4.78, 5) is 27.9. The molecule has 2 aromatic rings. The Kier molecular flexibility index (Phi) is 6.00. The Labute approximate surface area is 148 Å². The second kappa shape index (κ2) is 7.99. The van der Waals surface area contributed by atoms with Crippen LogP contribution in [0.5, 0.6) is 5.75 Å². The predicted molar refractivity (Wildman–Crippen MR) is 90.8 cm³/mol. The molecule has 1 unspecified atom stereocenters. The summed E-state index contributed by atoms with van der Waals surface area (Å²) in [7, 11) is 1.49. The molecule has 0 fully saturated rings. The number of methoxy groups -OCH3 is 1. The van der Waals surface area contributed by atoms with E-state index in [2.05, 4.69) is 10.3 Å². The third kappa shape index (κ3) is 4.59. The monoisotopic (exact) mass is 368 g/mol. The fraction of sp³-hybridized carbons (Fsp3) is 0.188. The second-order valence-electron chi connectivity index (χ2n) is 4.75. The van der Waals surface area contributed by atoms with Crippen LogP contribution in [0, 0.1) is 0 Å². The molecule has 1 heterocycles. The number of ether oxygens (including phenoxy) is 2. The molecule has 0 spiro atoms. The lowest BCUT2D eigenvalue weighted by molar-refractivity contribution is -0.123. The highest BCUT2D eigenvalue weighted by Gasteiger charge is 2.19. The minimum atomic E-state index is -1.01. The van der Waals surface area contributed by atoms with E-state index in [0.717, 1.165) is 0 Å². The number of nitrogens with one attached hydrogen (secondary N) is 1. The van der Waals surface area contributed by atoms with Gasteiger partial charge in [0, 0.05) is 11.9 Å². The highest BCUT2D eigenvalue weighted by Crippen LogP contribution is 2.27. The summed E-state index contributed by atoms with van der Waals surface area (Å²) in [6.07, 6.45) is 0.369. The molecule has 0 radical (unpaired) electrons. The first-order valence-corrected chi connectivity index (χ1v) is 7.63. The number of amides is 1. The van der Waals surface area contributed by atoms with Crippen LogP contribution in [-0.4, -0.2) is 30.1 Å². The van der Waals surface area contributed by atoms with Crippen LogP contribution in [0.2, 0.25) is 10.2 Å². The molecule has 6 nitrogen and oxygen atoms in total.